The number of hydrogen-bond acceptors (Lipinski definition) is 4. The van der Waals surface area contributed by atoms with Crippen molar-refractivity contribution in [2.24, 2.45) is 5.16 Å². The smallest absolute Gasteiger partial charge is 0.410 e. The summed E-state index contributed by atoms with van der Waals surface area (Å²) in [6.45, 7) is 0. The molecule has 0 saturated carbocycles. The van der Waals surface area contributed by atoms with Crippen LogP contribution >= 0.6 is 0 Å². The Balaban J connectivity index is 1.29. The molecule has 0 saturated heterocycles. The fourth-order valence-corrected chi connectivity index (χ4v) is 4.31. The Kier molecular flexibility index (Phi) is 6.52. The van der Waals surface area contributed by atoms with E-state index in [0.717, 1.165) is 28.5 Å². The van der Waals surface area contributed by atoms with Crippen molar-refractivity contribution in [3.63, 3.8) is 0 Å². The zero-order valence-corrected chi connectivity index (χ0v) is 18.8. The number of carbonyl (C=O) groups excluding carboxylic acids is 1. The highest BCUT2D eigenvalue weighted by Crippen LogP contribution is 2.26. The summed E-state index contributed by atoms with van der Waals surface area (Å²) in [6.07, 6.45) is 1.23. The minimum atomic E-state index is -0.502. The van der Waals surface area contributed by atoms with Gasteiger partial charge in [-0.15, -0.1) is 0 Å². The predicted octanol–water partition coefficient (Wildman–Crippen LogP) is 5.93. The van der Waals surface area contributed by atoms with Crippen molar-refractivity contribution < 1.29 is 14.4 Å². The largest absolute Gasteiger partial charge is 0.412 e. The molecule has 5 heteroatoms. The summed E-state index contributed by atoms with van der Waals surface area (Å²) < 4.78 is 5.73. The molecule has 1 aliphatic rings. The molecule has 2 atom stereocenters. The van der Waals surface area contributed by atoms with Gasteiger partial charge < -0.3 is 14.9 Å². The molecule has 0 spiro atoms. The lowest BCUT2D eigenvalue weighted by Gasteiger charge is -2.23. The van der Waals surface area contributed by atoms with E-state index in [2.05, 4.69) is 22.6 Å². The van der Waals surface area contributed by atoms with E-state index in [9.17, 15) is 4.79 Å². The normalized spacial score (nSPS) is 15.9. The van der Waals surface area contributed by atoms with E-state index in [4.69, 9.17) is 9.57 Å². The van der Waals surface area contributed by atoms with Crippen LogP contribution in [0.3, 0.4) is 0 Å². The number of nitrogens with zero attached hydrogens (tertiary/aromatic N) is 1. The summed E-state index contributed by atoms with van der Waals surface area (Å²) in [5.74, 6) is 0.530. The molecule has 1 heterocycles. The van der Waals surface area contributed by atoms with Crippen molar-refractivity contribution in [1.82, 2.24) is 5.32 Å². The molecule has 4 aromatic rings. The highest BCUT2D eigenvalue weighted by atomic mass is 16.6. The number of hydrogen-bond donors (Lipinski definition) is 1. The Bertz CT molecular complexity index is 1280. The Morgan fingerprint density at radius 1 is 0.882 bits per heavy atom. The predicted molar refractivity (Wildman–Crippen MR) is 134 cm³/mol. The van der Waals surface area contributed by atoms with Crippen LogP contribution in [0.1, 0.15) is 17.5 Å². The summed E-state index contributed by atoms with van der Waals surface area (Å²) in [5.41, 5.74) is 3.27. The fraction of sp³-hybridized carbons (Fsp3) is 0.172. The summed E-state index contributed by atoms with van der Waals surface area (Å²) in [7, 11) is 0. The molecule has 5 nitrogen and oxygen atoms in total. The van der Waals surface area contributed by atoms with Gasteiger partial charge in [0.1, 0.15) is 5.75 Å². The molecule has 1 N–H and O–H groups in total. The van der Waals surface area contributed by atoms with Gasteiger partial charge in [0, 0.05) is 18.2 Å². The first kappa shape index (κ1) is 21.7. The average Bonchev–Trinajstić information content (AvgIpc) is 3.33. The van der Waals surface area contributed by atoms with Crippen molar-refractivity contribution in [3.8, 4) is 5.75 Å². The monoisotopic (exact) mass is 450 g/mol. The molecule has 0 aliphatic carbocycles. The van der Waals surface area contributed by atoms with Crippen LogP contribution in [-0.2, 0) is 17.7 Å². The first-order valence-electron chi connectivity index (χ1n) is 11.5. The SMILES string of the molecule is O=C(NC(Cc1ccccc1)C1CC(Cc2ccccc2)=NO1)Oc1cccc2ccccc12. The van der Waals surface area contributed by atoms with Gasteiger partial charge in [0.25, 0.3) is 0 Å². The first-order chi connectivity index (χ1) is 16.7. The lowest BCUT2D eigenvalue weighted by atomic mass is 9.96. The molecule has 0 bridgehead atoms. The molecule has 5 rings (SSSR count). The Morgan fingerprint density at radius 2 is 1.56 bits per heavy atom. The number of amides is 1. The molecule has 170 valence electrons. The summed E-state index contributed by atoms with van der Waals surface area (Å²) in [4.78, 5) is 18.8. The summed E-state index contributed by atoms with van der Waals surface area (Å²) in [5, 5.41) is 9.29. The van der Waals surface area contributed by atoms with E-state index in [1.165, 1.54) is 5.56 Å². The number of carbonyl (C=O) groups is 1. The molecule has 1 amide bonds. The van der Waals surface area contributed by atoms with E-state index < -0.39 is 6.09 Å². The number of fused-ring (bicyclic) bond motifs is 1. The molecule has 4 aromatic carbocycles. The number of rotatable bonds is 7. The summed E-state index contributed by atoms with van der Waals surface area (Å²) >= 11 is 0. The lowest BCUT2D eigenvalue weighted by Crippen LogP contribution is -2.46. The molecule has 34 heavy (non-hydrogen) atoms. The van der Waals surface area contributed by atoms with E-state index in [1.54, 1.807) is 6.07 Å². The second-order valence-electron chi connectivity index (χ2n) is 8.48. The van der Waals surface area contributed by atoms with E-state index in [1.807, 2.05) is 84.9 Å². The van der Waals surface area contributed by atoms with Gasteiger partial charge in [-0.05, 0) is 29.0 Å². The van der Waals surface area contributed by atoms with Gasteiger partial charge in [-0.2, -0.15) is 0 Å². The van der Waals surface area contributed by atoms with Crippen LogP contribution in [0.25, 0.3) is 10.8 Å². The van der Waals surface area contributed by atoms with E-state index >= 15 is 0 Å². The molecule has 1 aliphatic heterocycles. The van der Waals surface area contributed by atoms with Gasteiger partial charge in [0.15, 0.2) is 6.10 Å². The standard InChI is InChI=1S/C29H26N2O3/c32-29(33-27-17-9-15-23-14-7-8-16-25(23)27)30-26(19-22-12-5-2-6-13-22)28-20-24(31-34-28)18-21-10-3-1-4-11-21/h1-17,26,28H,18-20H2,(H,30,32). The number of nitrogens with one attached hydrogen (secondary N) is 1. The Morgan fingerprint density at radius 3 is 2.35 bits per heavy atom. The molecule has 0 radical (unpaired) electrons. The minimum absolute atomic E-state index is 0.265. The third kappa shape index (κ3) is 5.26. The fourth-order valence-electron chi connectivity index (χ4n) is 4.31. The second kappa shape index (κ2) is 10.2. The Labute approximate surface area is 199 Å². The molecule has 2 unspecified atom stereocenters. The number of oxime groups is 1. The van der Waals surface area contributed by atoms with Crippen LogP contribution in [0.15, 0.2) is 108 Å². The van der Waals surface area contributed by atoms with Gasteiger partial charge in [0.2, 0.25) is 0 Å². The molecule has 0 fully saturated rings. The number of ether oxygens (including phenoxy) is 1. The van der Waals surface area contributed by atoms with Gasteiger partial charge in [-0.25, -0.2) is 4.79 Å². The maximum atomic E-state index is 13.0. The van der Waals surface area contributed by atoms with Crippen molar-refractivity contribution in [3.05, 3.63) is 114 Å². The van der Waals surface area contributed by atoms with Gasteiger partial charge >= 0.3 is 6.09 Å². The molecule has 0 aromatic heterocycles. The quantitative estimate of drug-likeness (QED) is 0.380. The Hall–Kier alpha value is -4.12. The molecular weight excluding hydrogens is 424 g/mol. The second-order valence-corrected chi connectivity index (χ2v) is 8.48. The van der Waals surface area contributed by atoms with E-state index in [-0.39, 0.29) is 12.1 Å². The first-order valence-corrected chi connectivity index (χ1v) is 11.5. The van der Waals surface area contributed by atoms with Crippen LogP contribution in [0.4, 0.5) is 4.79 Å². The molecular formula is C29H26N2O3. The number of benzene rings is 4. The van der Waals surface area contributed by atoms with Gasteiger partial charge in [-0.1, -0.05) is 102 Å². The van der Waals surface area contributed by atoms with Crippen LogP contribution in [0.5, 0.6) is 5.75 Å². The highest BCUT2D eigenvalue weighted by molar-refractivity contribution is 5.90. The van der Waals surface area contributed by atoms with Crippen molar-refractivity contribution in [2.45, 2.75) is 31.4 Å². The maximum Gasteiger partial charge on any atom is 0.412 e. The van der Waals surface area contributed by atoms with Gasteiger partial charge in [0.05, 0.1) is 11.8 Å². The highest BCUT2D eigenvalue weighted by Gasteiger charge is 2.31. The van der Waals surface area contributed by atoms with Gasteiger partial charge in [-0.3, -0.25) is 0 Å². The average molecular weight is 451 g/mol. The van der Waals surface area contributed by atoms with Crippen molar-refractivity contribution >= 4 is 22.6 Å². The van der Waals surface area contributed by atoms with Crippen LogP contribution in [-0.4, -0.2) is 24.0 Å². The summed E-state index contributed by atoms with van der Waals surface area (Å²) in [6, 6.07) is 33.5. The van der Waals surface area contributed by atoms with Crippen LogP contribution in [0.2, 0.25) is 0 Å². The third-order valence-electron chi connectivity index (χ3n) is 6.01. The minimum Gasteiger partial charge on any atom is -0.410 e. The maximum absolute atomic E-state index is 13.0. The third-order valence-corrected chi connectivity index (χ3v) is 6.01. The van der Waals surface area contributed by atoms with Crippen molar-refractivity contribution in [2.75, 3.05) is 0 Å². The zero-order valence-electron chi connectivity index (χ0n) is 18.8. The van der Waals surface area contributed by atoms with Crippen LogP contribution < -0.4 is 10.1 Å². The van der Waals surface area contributed by atoms with Crippen LogP contribution in [0, 0.1) is 0 Å². The van der Waals surface area contributed by atoms with E-state index in [0.29, 0.717) is 18.6 Å². The topological polar surface area (TPSA) is 59.9 Å². The lowest BCUT2D eigenvalue weighted by molar-refractivity contribution is 0.0555. The van der Waals surface area contributed by atoms with Crippen molar-refractivity contribution in [1.29, 1.82) is 0 Å². The zero-order chi connectivity index (χ0) is 23.2.